The summed E-state index contributed by atoms with van der Waals surface area (Å²) in [4.78, 5) is 26.3. The van der Waals surface area contributed by atoms with E-state index in [0.717, 1.165) is 33.5 Å². The second kappa shape index (κ2) is 8.91. The molecule has 3 fully saturated rings. The molecular formula is C41H32N6. The van der Waals surface area contributed by atoms with Gasteiger partial charge < -0.3 is 4.90 Å². The number of nitrogens with zero attached hydrogens (tertiary/aromatic N) is 6. The lowest BCUT2D eigenvalue weighted by molar-refractivity contribution is 0.270. The maximum atomic E-state index is 5.77. The maximum absolute atomic E-state index is 5.77. The molecule has 3 atom stereocenters. The minimum atomic E-state index is -0.0347. The molecule has 0 N–H and O–H groups in total. The van der Waals surface area contributed by atoms with E-state index in [9.17, 15) is 0 Å². The fraction of sp³-hybridized carbons (Fsp3) is 0.220. The van der Waals surface area contributed by atoms with E-state index in [1.54, 1.807) is 0 Å². The van der Waals surface area contributed by atoms with Crippen molar-refractivity contribution in [3.8, 4) is 33.9 Å². The van der Waals surface area contributed by atoms with Crippen LogP contribution in [0.25, 0.3) is 44.7 Å². The van der Waals surface area contributed by atoms with Gasteiger partial charge in [0.15, 0.2) is 11.6 Å². The molecule has 3 heterocycles. The van der Waals surface area contributed by atoms with Crippen molar-refractivity contribution in [2.45, 2.75) is 49.6 Å². The smallest absolute Gasteiger partial charge is 0.241 e. The van der Waals surface area contributed by atoms with Gasteiger partial charge in [-0.15, -0.1) is 0 Å². The Bertz CT molecular complexity index is 2300. The molecule has 1 aromatic heterocycles. The van der Waals surface area contributed by atoms with Crippen LogP contribution in [0.1, 0.15) is 38.5 Å². The minimum absolute atomic E-state index is 0.0210. The maximum Gasteiger partial charge on any atom is 0.241 e. The standard InChI is InChI=1S/C41H32N6/c1-3-10-27(11-4-1)30-18-19-33-34(24-30)47-38(45-40-22-20-39(25-40)21-23-41(40,47)26-39)46(33)37-43-35(29-13-5-2-6-14-29)42-36(44-37)32-17-9-15-28-12-7-8-16-31(28)32/h1-19,24H,20-23,25-26H2. The van der Waals surface area contributed by atoms with Crippen LogP contribution in [0.5, 0.6) is 0 Å². The summed E-state index contributed by atoms with van der Waals surface area (Å²) in [6.45, 7) is 0. The monoisotopic (exact) mass is 608 g/mol. The third kappa shape index (κ3) is 3.35. The Morgan fingerprint density at radius 2 is 1.30 bits per heavy atom. The molecule has 5 aliphatic rings. The number of benzene rings is 5. The number of hydrogen-bond donors (Lipinski definition) is 0. The molecule has 3 saturated carbocycles. The molecule has 47 heavy (non-hydrogen) atoms. The molecule has 3 unspecified atom stereocenters. The van der Waals surface area contributed by atoms with Crippen LogP contribution in [0.3, 0.4) is 0 Å². The van der Waals surface area contributed by atoms with Gasteiger partial charge in [0.05, 0.1) is 22.5 Å². The first kappa shape index (κ1) is 25.8. The van der Waals surface area contributed by atoms with Crippen molar-refractivity contribution in [3.05, 3.63) is 121 Å². The van der Waals surface area contributed by atoms with Crippen molar-refractivity contribution in [1.82, 2.24) is 15.0 Å². The van der Waals surface area contributed by atoms with E-state index in [0.29, 0.717) is 23.0 Å². The van der Waals surface area contributed by atoms with Crippen LogP contribution in [-0.2, 0) is 0 Å². The molecule has 0 radical (unpaired) electrons. The number of hydrogen-bond acceptors (Lipinski definition) is 6. The number of anilines is 3. The van der Waals surface area contributed by atoms with Gasteiger partial charge in [0.1, 0.15) is 0 Å². The Hall–Kier alpha value is -5.36. The van der Waals surface area contributed by atoms with E-state index in [-0.39, 0.29) is 11.1 Å². The Balaban J connectivity index is 1.16. The second-order valence-corrected chi connectivity index (χ2v) is 14.2. The van der Waals surface area contributed by atoms with Gasteiger partial charge in [-0.2, -0.15) is 9.97 Å². The molecule has 6 nitrogen and oxygen atoms in total. The van der Waals surface area contributed by atoms with E-state index in [1.807, 2.05) is 18.2 Å². The number of rotatable bonds is 4. The van der Waals surface area contributed by atoms with E-state index in [4.69, 9.17) is 19.9 Å². The molecule has 0 amide bonds. The van der Waals surface area contributed by atoms with Crippen molar-refractivity contribution in [2.24, 2.45) is 10.4 Å². The van der Waals surface area contributed by atoms with Crippen LogP contribution >= 0.6 is 0 Å². The molecule has 6 heteroatoms. The summed E-state index contributed by atoms with van der Waals surface area (Å²) in [5.74, 6) is 2.93. The zero-order valence-electron chi connectivity index (χ0n) is 26.0. The van der Waals surface area contributed by atoms with Gasteiger partial charge in [0.2, 0.25) is 11.9 Å². The highest BCUT2D eigenvalue weighted by molar-refractivity contribution is 6.22. The highest BCUT2D eigenvalue weighted by atomic mass is 15.5. The number of guanidine groups is 1. The fourth-order valence-electron chi connectivity index (χ4n) is 9.95. The summed E-state index contributed by atoms with van der Waals surface area (Å²) < 4.78 is 0. The van der Waals surface area contributed by atoms with Crippen molar-refractivity contribution in [3.63, 3.8) is 0 Å². The van der Waals surface area contributed by atoms with Gasteiger partial charge in [0.25, 0.3) is 0 Å². The largest absolute Gasteiger partial charge is 0.301 e. The molecule has 3 bridgehead atoms. The van der Waals surface area contributed by atoms with Gasteiger partial charge >= 0.3 is 0 Å². The van der Waals surface area contributed by atoms with Crippen LogP contribution < -0.4 is 9.80 Å². The lowest BCUT2D eigenvalue weighted by Gasteiger charge is -2.43. The molecule has 3 spiro atoms. The predicted octanol–water partition coefficient (Wildman–Crippen LogP) is 9.20. The molecule has 226 valence electrons. The zero-order chi connectivity index (χ0) is 30.8. The van der Waals surface area contributed by atoms with Gasteiger partial charge in [-0.1, -0.05) is 109 Å². The highest BCUT2D eigenvalue weighted by Crippen LogP contribution is 2.76. The molecular weight excluding hydrogens is 576 g/mol. The normalized spacial score (nSPS) is 26.1. The fourth-order valence-corrected chi connectivity index (χ4v) is 9.95. The minimum Gasteiger partial charge on any atom is -0.301 e. The van der Waals surface area contributed by atoms with E-state index >= 15 is 0 Å². The average Bonchev–Trinajstić information content (AvgIpc) is 3.89. The molecule has 6 aromatic rings. The van der Waals surface area contributed by atoms with Crippen LogP contribution in [0, 0.1) is 5.41 Å². The third-order valence-electron chi connectivity index (χ3n) is 11.9. The van der Waals surface area contributed by atoms with E-state index in [1.165, 1.54) is 55.3 Å². The SMILES string of the molecule is c1ccc(-c2ccc3c(c2)N2C(=NC45CCC6(CCC24C6)C5)N3c2nc(-c3ccccc3)nc(-c3cccc4ccccc34)n2)cc1. The summed E-state index contributed by atoms with van der Waals surface area (Å²) in [5, 5.41) is 2.29. The molecule has 3 aliphatic carbocycles. The first-order valence-corrected chi connectivity index (χ1v) is 16.8. The van der Waals surface area contributed by atoms with Gasteiger partial charge in [0, 0.05) is 11.1 Å². The molecule has 0 saturated heterocycles. The second-order valence-electron chi connectivity index (χ2n) is 14.2. The first-order valence-electron chi connectivity index (χ1n) is 16.8. The lowest BCUT2D eigenvalue weighted by Crippen LogP contribution is -2.56. The summed E-state index contributed by atoms with van der Waals surface area (Å²) in [7, 11) is 0. The summed E-state index contributed by atoms with van der Waals surface area (Å²) >= 11 is 0. The molecule has 11 rings (SSSR count). The van der Waals surface area contributed by atoms with Gasteiger partial charge in [-0.3, -0.25) is 0 Å². The van der Waals surface area contributed by atoms with Crippen molar-refractivity contribution in [2.75, 3.05) is 9.80 Å². The van der Waals surface area contributed by atoms with Crippen LogP contribution in [0.2, 0.25) is 0 Å². The number of aliphatic imine (C=N–C) groups is 1. The van der Waals surface area contributed by atoms with Gasteiger partial charge in [-0.05, 0) is 78.0 Å². The summed E-state index contributed by atoms with van der Waals surface area (Å²) in [5.41, 5.74) is 7.15. The molecule has 2 aliphatic heterocycles. The summed E-state index contributed by atoms with van der Waals surface area (Å²) in [6.07, 6.45) is 7.39. The van der Waals surface area contributed by atoms with E-state index < -0.39 is 0 Å². The topological polar surface area (TPSA) is 57.5 Å². The zero-order valence-corrected chi connectivity index (χ0v) is 26.0. The van der Waals surface area contributed by atoms with Crippen molar-refractivity contribution >= 4 is 34.1 Å². The number of fused-ring (bicyclic) bond motifs is 4. The van der Waals surface area contributed by atoms with Crippen molar-refractivity contribution < 1.29 is 0 Å². The Morgan fingerprint density at radius 1 is 0.553 bits per heavy atom. The predicted molar refractivity (Wildman–Crippen MR) is 188 cm³/mol. The summed E-state index contributed by atoms with van der Waals surface area (Å²) in [6, 6.07) is 42.7. The van der Waals surface area contributed by atoms with E-state index in [2.05, 4.69) is 113 Å². The Labute approximate surface area is 273 Å². The quantitative estimate of drug-likeness (QED) is 0.200. The van der Waals surface area contributed by atoms with Crippen LogP contribution in [0.15, 0.2) is 126 Å². The van der Waals surface area contributed by atoms with Crippen LogP contribution in [0.4, 0.5) is 17.3 Å². The lowest BCUT2D eigenvalue weighted by atomic mass is 9.76. The Kier molecular flexibility index (Phi) is 4.89. The van der Waals surface area contributed by atoms with Gasteiger partial charge in [-0.25, -0.2) is 14.9 Å². The number of aromatic nitrogens is 3. The third-order valence-corrected chi connectivity index (χ3v) is 11.9. The highest BCUT2D eigenvalue weighted by Gasteiger charge is 2.78. The molecule has 5 aromatic carbocycles. The Morgan fingerprint density at radius 3 is 2.17 bits per heavy atom. The van der Waals surface area contributed by atoms with Crippen molar-refractivity contribution in [1.29, 1.82) is 0 Å². The van der Waals surface area contributed by atoms with Crippen LogP contribution in [-0.4, -0.2) is 32.0 Å². The first-order chi connectivity index (χ1) is 23.1. The average molecular weight is 609 g/mol.